The molecule has 59 heavy (non-hydrogen) atoms. The van der Waals surface area contributed by atoms with Crippen LogP contribution in [0.5, 0.6) is 0 Å². The Hall–Kier alpha value is -3.27. The number of halogens is 6. The van der Waals surface area contributed by atoms with Crippen molar-refractivity contribution in [3.05, 3.63) is 89.3 Å². The molecule has 1 N–H and O–H groups in total. The Labute approximate surface area is 362 Å². The summed E-state index contributed by atoms with van der Waals surface area (Å²) in [5.41, 5.74) is 4.55. The number of pyridine rings is 1. The summed E-state index contributed by atoms with van der Waals surface area (Å²) in [6, 6.07) is 19.8. The second-order valence-corrected chi connectivity index (χ2v) is 18.0. The number of allylic oxidation sites excluding steroid dienone is 2. The zero-order chi connectivity index (χ0) is 42.7. The fourth-order valence-electron chi connectivity index (χ4n) is 8.87. The van der Waals surface area contributed by atoms with Crippen LogP contribution in [0.2, 0.25) is 0 Å². The minimum Gasteiger partial charge on any atom is -0.512 e. The molecule has 2 atom stereocenters. The standard InChI is InChI=1S/C35H32F6NS.C13H24O2.Ir/c1-19-25(21-14-23(17-34(36,37)38)24(15-21)18-35(39,40)41)9-10-27-28-11-12-42-30(32(28)43-31(19)27)22-13-20-7-5-6-8-26(20)29(16-22)33(2,3)4;1-5-10(6-2)12(14)9-13(15)11(7-3)8-4;/h5-12,16,21,23-24H,14-15,17-18H2,1-4H3;9-11,14H,5-8H2,1-4H3;/q-1;;/b;12-9-;/t23-,24-;;/m1../s1. The fraction of sp³-hybridized carbons (Fsp3) is 0.500. The molecule has 11 heteroatoms. The van der Waals surface area contributed by atoms with Gasteiger partial charge in [-0.05, 0) is 91.2 Å². The molecule has 2 aromatic heterocycles. The number of alkyl halides is 6. The Morgan fingerprint density at radius 2 is 1.39 bits per heavy atom. The van der Waals surface area contributed by atoms with Crippen LogP contribution in [0, 0.1) is 36.7 Å². The van der Waals surface area contributed by atoms with Gasteiger partial charge in [-0.1, -0.05) is 89.7 Å². The van der Waals surface area contributed by atoms with Crippen molar-refractivity contribution < 1.29 is 56.3 Å². The fourth-order valence-corrected chi connectivity index (χ4v) is 10.2. The Morgan fingerprint density at radius 1 is 0.831 bits per heavy atom. The van der Waals surface area contributed by atoms with Crippen molar-refractivity contribution in [1.29, 1.82) is 0 Å². The summed E-state index contributed by atoms with van der Waals surface area (Å²) < 4.78 is 81.9. The molecule has 3 aromatic carbocycles. The van der Waals surface area contributed by atoms with E-state index in [2.05, 4.69) is 45.0 Å². The number of hydrogen-bond acceptors (Lipinski definition) is 4. The number of aliphatic hydroxyl groups excluding tert-OH is 1. The zero-order valence-electron chi connectivity index (χ0n) is 35.1. The van der Waals surface area contributed by atoms with Crippen LogP contribution in [0.3, 0.4) is 0 Å². The van der Waals surface area contributed by atoms with Gasteiger partial charge in [-0.3, -0.25) is 9.78 Å². The van der Waals surface area contributed by atoms with Crippen LogP contribution >= 0.6 is 11.3 Å². The van der Waals surface area contributed by atoms with Gasteiger partial charge in [-0.2, -0.15) is 26.3 Å². The molecule has 0 saturated heterocycles. The van der Waals surface area contributed by atoms with E-state index >= 15 is 0 Å². The van der Waals surface area contributed by atoms with Crippen molar-refractivity contribution in [2.24, 2.45) is 23.7 Å². The summed E-state index contributed by atoms with van der Waals surface area (Å²) in [7, 11) is 0. The van der Waals surface area contributed by atoms with Gasteiger partial charge in [0.25, 0.3) is 0 Å². The number of carbonyl (C=O) groups excluding carboxylic acids is 1. The van der Waals surface area contributed by atoms with Crippen LogP contribution in [0.1, 0.15) is 122 Å². The Morgan fingerprint density at radius 3 is 1.93 bits per heavy atom. The minimum atomic E-state index is -4.50. The number of aromatic nitrogens is 1. The van der Waals surface area contributed by atoms with Gasteiger partial charge in [0.05, 0.1) is 5.76 Å². The van der Waals surface area contributed by atoms with Crippen LogP contribution in [0.4, 0.5) is 26.3 Å². The quantitative estimate of drug-likeness (QED) is 0.0621. The first kappa shape index (κ1) is 48.4. The second-order valence-electron chi connectivity index (χ2n) is 17.0. The molecule has 1 aliphatic rings. The molecule has 5 aromatic rings. The molecule has 3 nitrogen and oxygen atoms in total. The van der Waals surface area contributed by atoms with Gasteiger partial charge in [-0.15, -0.1) is 40.5 Å². The number of rotatable bonds is 11. The molecular formula is C48H56F6IrNO2S-. The molecule has 0 bridgehead atoms. The predicted molar refractivity (Wildman–Crippen MR) is 227 cm³/mol. The molecule has 323 valence electrons. The molecule has 1 aliphatic carbocycles. The van der Waals surface area contributed by atoms with E-state index in [1.807, 2.05) is 65.0 Å². The van der Waals surface area contributed by atoms with E-state index in [0.29, 0.717) is 0 Å². The number of aliphatic hydroxyl groups is 1. The van der Waals surface area contributed by atoms with Crippen molar-refractivity contribution in [2.45, 2.75) is 130 Å². The first-order valence-corrected chi connectivity index (χ1v) is 21.4. The SMILES string of the molecule is CCC(CC)C(=O)/C=C(\O)C(CC)CC.Cc1c(C2C[C@H](CC(F)(F)F)[C@@H](CC(F)(F)F)C2)ccc2c1sc1c(-c3[c-]c4ccccc4c(C(C)(C)C)c3)nccc12.[Ir]. The van der Waals surface area contributed by atoms with Crippen LogP contribution in [-0.2, 0) is 30.3 Å². The average molecular weight is 1020 g/mol. The number of nitrogens with zero attached hydrogens (tertiary/aromatic N) is 1. The second kappa shape index (κ2) is 19.6. The smallest absolute Gasteiger partial charge is 0.389 e. The third-order valence-electron chi connectivity index (χ3n) is 12.0. The number of carbonyl (C=O) groups is 1. The molecule has 1 radical (unpaired) electrons. The minimum absolute atomic E-state index is 0. The summed E-state index contributed by atoms with van der Waals surface area (Å²) in [4.78, 5) is 16.5. The zero-order valence-corrected chi connectivity index (χ0v) is 38.3. The third kappa shape index (κ3) is 11.6. The van der Waals surface area contributed by atoms with Crippen LogP contribution in [0.25, 0.3) is 42.2 Å². The van der Waals surface area contributed by atoms with Gasteiger partial charge in [-0.25, -0.2) is 0 Å². The number of thiophene rings is 1. The maximum Gasteiger partial charge on any atom is 0.389 e. The number of benzene rings is 3. The van der Waals surface area contributed by atoms with E-state index in [1.165, 1.54) is 11.6 Å². The van der Waals surface area contributed by atoms with E-state index < -0.39 is 37.0 Å². The molecule has 0 unspecified atom stereocenters. The first-order chi connectivity index (χ1) is 27.2. The Bertz CT molecular complexity index is 2220. The van der Waals surface area contributed by atoms with E-state index in [0.717, 1.165) is 79.0 Å². The summed E-state index contributed by atoms with van der Waals surface area (Å²) in [5, 5.41) is 13.9. The van der Waals surface area contributed by atoms with Gasteiger partial charge in [0.1, 0.15) is 0 Å². The monoisotopic (exact) mass is 1020 g/mol. The molecule has 0 amide bonds. The maximum absolute atomic E-state index is 13.3. The molecule has 1 fully saturated rings. The maximum atomic E-state index is 13.3. The van der Waals surface area contributed by atoms with Crippen molar-refractivity contribution >= 4 is 48.1 Å². The Kier molecular flexibility index (Phi) is 16.1. The van der Waals surface area contributed by atoms with Gasteiger partial charge < -0.3 is 5.11 Å². The van der Waals surface area contributed by atoms with E-state index in [1.54, 1.807) is 17.5 Å². The van der Waals surface area contributed by atoms with Crippen LogP contribution < -0.4 is 0 Å². The molecule has 2 heterocycles. The summed E-state index contributed by atoms with van der Waals surface area (Å²) >= 11 is 1.58. The first-order valence-electron chi connectivity index (χ1n) is 20.5. The largest absolute Gasteiger partial charge is 0.512 e. The van der Waals surface area contributed by atoms with Gasteiger partial charge in [0.2, 0.25) is 0 Å². The van der Waals surface area contributed by atoms with E-state index in [4.69, 9.17) is 4.98 Å². The number of aryl methyl sites for hydroxylation is 1. The van der Waals surface area contributed by atoms with Gasteiger partial charge in [0, 0.05) is 77.5 Å². The number of ketones is 1. The predicted octanol–water partition coefficient (Wildman–Crippen LogP) is 15.6. The molecule has 0 aliphatic heterocycles. The normalized spacial score (nSPS) is 16.9. The molecule has 1 saturated carbocycles. The van der Waals surface area contributed by atoms with Crippen molar-refractivity contribution in [3.8, 4) is 11.3 Å². The van der Waals surface area contributed by atoms with Crippen molar-refractivity contribution in [3.63, 3.8) is 0 Å². The average Bonchev–Trinajstić information content (AvgIpc) is 3.71. The van der Waals surface area contributed by atoms with Crippen LogP contribution in [0.15, 0.2) is 66.6 Å². The summed E-state index contributed by atoms with van der Waals surface area (Å²) in [6.07, 6.45) is -4.45. The van der Waals surface area contributed by atoms with Crippen molar-refractivity contribution in [1.82, 2.24) is 4.98 Å². The molecule has 6 rings (SSSR count). The molecular weight excluding hydrogens is 961 g/mol. The third-order valence-corrected chi connectivity index (χ3v) is 13.4. The van der Waals surface area contributed by atoms with Crippen molar-refractivity contribution in [2.75, 3.05) is 0 Å². The Balaban J connectivity index is 0.000000411. The van der Waals surface area contributed by atoms with Crippen LogP contribution in [-0.4, -0.2) is 28.2 Å². The summed E-state index contributed by atoms with van der Waals surface area (Å²) in [6.45, 7) is 16.5. The van der Waals surface area contributed by atoms with Gasteiger partial charge >= 0.3 is 12.4 Å². The molecule has 0 spiro atoms. The van der Waals surface area contributed by atoms with Gasteiger partial charge in [0.15, 0.2) is 5.78 Å². The number of hydrogen-bond donors (Lipinski definition) is 1. The summed E-state index contributed by atoms with van der Waals surface area (Å²) in [5.74, 6) is -1.89. The number of fused-ring (bicyclic) bond motifs is 4. The topological polar surface area (TPSA) is 50.2 Å². The van der Waals surface area contributed by atoms with E-state index in [-0.39, 0.29) is 67.7 Å². The van der Waals surface area contributed by atoms with E-state index in [9.17, 15) is 36.2 Å².